The highest BCUT2D eigenvalue weighted by atomic mass is 32.1. The summed E-state index contributed by atoms with van der Waals surface area (Å²) < 4.78 is 10.6. The maximum Gasteiger partial charge on any atom is 0.249 e. The van der Waals surface area contributed by atoms with E-state index < -0.39 is 6.04 Å². The van der Waals surface area contributed by atoms with Gasteiger partial charge in [0.25, 0.3) is 0 Å². The molecule has 1 unspecified atom stereocenters. The molecule has 3 rings (SSSR count). The maximum atomic E-state index is 6.11. The largest absolute Gasteiger partial charge is 0.496 e. The van der Waals surface area contributed by atoms with E-state index in [1.54, 1.807) is 18.4 Å². The Morgan fingerprint density at radius 3 is 2.85 bits per heavy atom. The number of hydrogen-bond donors (Lipinski definition) is 1. The van der Waals surface area contributed by atoms with Gasteiger partial charge in [0, 0.05) is 4.88 Å². The summed E-state index contributed by atoms with van der Waals surface area (Å²) in [6.45, 7) is 0. The fourth-order valence-electron chi connectivity index (χ4n) is 1.89. The summed E-state index contributed by atoms with van der Waals surface area (Å²) in [4.78, 5) is 5.36. The third-order valence-electron chi connectivity index (χ3n) is 2.91. The minimum Gasteiger partial charge on any atom is -0.496 e. The highest BCUT2D eigenvalue weighted by Gasteiger charge is 2.19. The molecule has 1 atom stereocenters. The SMILES string of the molecule is COc1ccccc1-c1noc(C(N)c2cccs2)n1. The molecular formula is C14H13N3O2S. The highest BCUT2D eigenvalue weighted by molar-refractivity contribution is 7.10. The van der Waals surface area contributed by atoms with E-state index in [9.17, 15) is 0 Å². The first-order valence-corrected chi connectivity index (χ1v) is 6.93. The van der Waals surface area contributed by atoms with Crippen LogP contribution in [0.1, 0.15) is 16.8 Å². The van der Waals surface area contributed by atoms with Crippen molar-refractivity contribution in [2.75, 3.05) is 7.11 Å². The van der Waals surface area contributed by atoms with Crippen LogP contribution in [0.2, 0.25) is 0 Å². The first kappa shape index (κ1) is 12.8. The van der Waals surface area contributed by atoms with E-state index in [4.69, 9.17) is 15.0 Å². The molecule has 0 radical (unpaired) electrons. The molecule has 0 amide bonds. The maximum absolute atomic E-state index is 6.11. The second-order valence-electron chi connectivity index (χ2n) is 4.15. The molecule has 0 saturated heterocycles. The summed E-state index contributed by atoms with van der Waals surface area (Å²) in [6.07, 6.45) is 0. The highest BCUT2D eigenvalue weighted by Crippen LogP contribution is 2.29. The lowest BCUT2D eigenvalue weighted by Gasteiger charge is -2.03. The van der Waals surface area contributed by atoms with Crippen molar-refractivity contribution in [2.24, 2.45) is 5.73 Å². The fourth-order valence-corrected chi connectivity index (χ4v) is 2.61. The van der Waals surface area contributed by atoms with Crippen LogP contribution < -0.4 is 10.5 Å². The summed E-state index contributed by atoms with van der Waals surface area (Å²) in [5.41, 5.74) is 6.89. The Balaban J connectivity index is 1.94. The molecule has 0 aliphatic rings. The lowest BCUT2D eigenvalue weighted by atomic mass is 10.2. The molecular weight excluding hydrogens is 274 g/mol. The van der Waals surface area contributed by atoms with Gasteiger partial charge in [0.2, 0.25) is 11.7 Å². The van der Waals surface area contributed by atoms with Gasteiger partial charge in [-0.1, -0.05) is 23.4 Å². The molecule has 0 fully saturated rings. The number of para-hydroxylation sites is 1. The summed E-state index contributed by atoms with van der Waals surface area (Å²) in [5.74, 6) is 1.57. The van der Waals surface area contributed by atoms with Crippen molar-refractivity contribution in [1.29, 1.82) is 0 Å². The third-order valence-corrected chi connectivity index (χ3v) is 3.86. The molecule has 5 nitrogen and oxygen atoms in total. The van der Waals surface area contributed by atoms with E-state index in [0.717, 1.165) is 10.4 Å². The zero-order valence-electron chi connectivity index (χ0n) is 10.8. The monoisotopic (exact) mass is 287 g/mol. The lowest BCUT2D eigenvalue weighted by molar-refractivity contribution is 0.368. The molecule has 0 saturated carbocycles. The first-order chi connectivity index (χ1) is 9.79. The van der Waals surface area contributed by atoms with Gasteiger partial charge < -0.3 is 15.0 Å². The Morgan fingerprint density at radius 2 is 2.10 bits per heavy atom. The number of methoxy groups -OCH3 is 1. The Hall–Kier alpha value is -2.18. The quantitative estimate of drug-likeness (QED) is 0.798. The van der Waals surface area contributed by atoms with Crippen molar-refractivity contribution in [1.82, 2.24) is 10.1 Å². The van der Waals surface area contributed by atoms with Gasteiger partial charge in [0.1, 0.15) is 11.8 Å². The van der Waals surface area contributed by atoms with Gasteiger partial charge in [-0.3, -0.25) is 0 Å². The van der Waals surface area contributed by atoms with E-state index in [0.29, 0.717) is 17.5 Å². The van der Waals surface area contributed by atoms with Crippen LogP contribution in [-0.2, 0) is 0 Å². The molecule has 20 heavy (non-hydrogen) atoms. The number of ether oxygens (including phenoxy) is 1. The summed E-state index contributed by atoms with van der Waals surface area (Å²) >= 11 is 1.56. The van der Waals surface area contributed by atoms with Gasteiger partial charge in [-0.25, -0.2) is 0 Å². The van der Waals surface area contributed by atoms with Gasteiger partial charge in [-0.2, -0.15) is 4.98 Å². The number of aromatic nitrogens is 2. The minimum atomic E-state index is -0.397. The van der Waals surface area contributed by atoms with Crippen molar-refractivity contribution in [2.45, 2.75) is 6.04 Å². The van der Waals surface area contributed by atoms with Crippen LogP contribution in [0.5, 0.6) is 5.75 Å². The second kappa shape index (κ2) is 5.44. The molecule has 1 aromatic carbocycles. The Labute approximate surface area is 120 Å². The molecule has 2 aromatic heterocycles. The topological polar surface area (TPSA) is 74.2 Å². The Kier molecular flexibility index (Phi) is 3.49. The fraction of sp³-hybridized carbons (Fsp3) is 0.143. The average molecular weight is 287 g/mol. The molecule has 2 heterocycles. The summed E-state index contributed by atoms with van der Waals surface area (Å²) in [5, 5.41) is 5.95. The normalized spacial score (nSPS) is 12.3. The van der Waals surface area contributed by atoms with Gasteiger partial charge in [0.15, 0.2) is 0 Å². The van der Waals surface area contributed by atoms with Crippen LogP contribution >= 0.6 is 11.3 Å². The summed E-state index contributed by atoms with van der Waals surface area (Å²) in [6, 6.07) is 11.0. The lowest BCUT2D eigenvalue weighted by Crippen LogP contribution is -2.10. The summed E-state index contributed by atoms with van der Waals surface area (Å²) in [7, 11) is 1.61. The van der Waals surface area contributed by atoms with Crippen LogP contribution in [0.3, 0.4) is 0 Å². The predicted molar refractivity (Wildman–Crippen MR) is 76.6 cm³/mol. The van der Waals surface area contributed by atoms with Crippen LogP contribution in [0.4, 0.5) is 0 Å². The number of rotatable bonds is 4. The molecule has 0 spiro atoms. The van der Waals surface area contributed by atoms with Gasteiger partial charge in [-0.05, 0) is 23.6 Å². The van der Waals surface area contributed by atoms with Crippen LogP contribution in [0, 0.1) is 0 Å². The van der Waals surface area contributed by atoms with E-state index in [1.807, 2.05) is 41.8 Å². The van der Waals surface area contributed by atoms with Crippen LogP contribution in [0.15, 0.2) is 46.3 Å². The van der Waals surface area contributed by atoms with Crippen molar-refractivity contribution in [3.63, 3.8) is 0 Å². The molecule has 0 bridgehead atoms. The van der Waals surface area contributed by atoms with E-state index in [-0.39, 0.29) is 0 Å². The van der Waals surface area contributed by atoms with Gasteiger partial charge >= 0.3 is 0 Å². The molecule has 2 N–H and O–H groups in total. The van der Waals surface area contributed by atoms with Crippen molar-refractivity contribution in [3.8, 4) is 17.1 Å². The number of thiophene rings is 1. The van der Waals surface area contributed by atoms with E-state index in [2.05, 4.69) is 10.1 Å². The Bertz CT molecular complexity index is 694. The number of hydrogen-bond acceptors (Lipinski definition) is 6. The standard InChI is InChI=1S/C14H13N3O2S/c1-18-10-6-3-2-5-9(10)13-16-14(19-17-13)12(15)11-7-4-8-20-11/h2-8,12H,15H2,1H3. The molecule has 3 aromatic rings. The number of nitrogens with zero attached hydrogens (tertiary/aromatic N) is 2. The minimum absolute atomic E-state index is 0.397. The van der Waals surface area contributed by atoms with E-state index >= 15 is 0 Å². The third kappa shape index (κ3) is 2.31. The van der Waals surface area contributed by atoms with E-state index in [1.165, 1.54) is 0 Å². The van der Waals surface area contributed by atoms with Crippen LogP contribution in [0.25, 0.3) is 11.4 Å². The van der Waals surface area contributed by atoms with Crippen molar-refractivity contribution in [3.05, 3.63) is 52.5 Å². The second-order valence-corrected chi connectivity index (χ2v) is 5.13. The van der Waals surface area contributed by atoms with Crippen molar-refractivity contribution >= 4 is 11.3 Å². The zero-order valence-corrected chi connectivity index (χ0v) is 11.6. The first-order valence-electron chi connectivity index (χ1n) is 6.05. The number of benzene rings is 1. The number of nitrogens with two attached hydrogens (primary N) is 1. The molecule has 0 aliphatic heterocycles. The molecule has 6 heteroatoms. The smallest absolute Gasteiger partial charge is 0.249 e. The molecule has 102 valence electrons. The Morgan fingerprint density at radius 1 is 1.25 bits per heavy atom. The zero-order chi connectivity index (χ0) is 13.9. The van der Waals surface area contributed by atoms with Crippen molar-refractivity contribution < 1.29 is 9.26 Å². The predicted octanol–water partition coefficient (Wildman–Crippen LogP) is 2.85. The van der Waals surface area contributed by atoms with Gasteiger partial charge in [0.05, 0.1) is 12.7 Å². The molecule has 0 aliphatic carbocycles. The van der Waals surface area contributed by atoms with Crippen LogP contribution in [-0.4, -0.2) is 17.3 Å². The average Bonchev–Trinajstić information content (AvgIpc) is 3.18. The van der Waals surface area contributed by atoms with Gasteiger partial charge in [-0.15, -0.1) is 11.3 Å².